The Morgan fingerprint density at radius 2 is 2.00 bits per heavy atom. The van der Waals surface area contributed by atoms with Gasteiger partial charge in [-0.25, -0.2) is 13.4 Å². The number of thioether (sulfide) groups is 1. The van der Waals surface area contributed by atoms with Crippen LogP contribution >= 0.6 is 11.8 Å². The Hall–Kier alpha value is -2.29. The van der Waals surface area contributed by atoms with Crippen molar-refractivity contribution < 1.29 is 17.6 Å². The molecule has 28 heavy (non-hydrogen) atoms. The fourth-order valence-electron chi connectivity index (χ4n) is 3.19. The molecule has 0 saturated carbocycles. The van der Waals surface area contributed by atoms with Crippen LogP contribution in [0.3, 0.4) is 0 Å². The molecule has 0 radical (unpaired) electrons. The van der Waals surface area contributed by atoms with Crippen molar-refractivity contribution in [2.45, 2.75) is 17.2 Å². The predicted molar refractivity (Wildman–Crippen MR) is 109 cm³/mol. The van der Waals surface area contributed by atoms with E-state index >= 15 is 0 Å². The van der Waals surface area contributed by atoms with E-state index in [4.69, 9.17) is 9.15 Å². The molecule has 0 aliphatic carbocycles. The highest BCUT2D eigenvalue weighted by atomic mass is 32.2. The van der Waals surface area contributed by atoms with Crippen LogP contribution in [0.2, 0.25) is 0 Å². The monoisotopic (exact) mass is 416 g/mol. The third-order valence-corrected chi connectivity index (χ3v) is 7.88. The molecule has 0 bridgehead atoms. The fourth-order valence-corrected chi connectivity index (χ4v) is 6.42. The summed E-state index contributed by atoms with van der Waals surface area (Å²) in [5.41, 5.74) is 2.42. The molecule has 1 saturated heterocycles. The number of benzene rings is 2. The average molecular weight is 417 g/mol. The van der Waals surface area contributed by atoms with Crippen LogP contribution in [0.15, 0.2) is 64.1 Å². The minimum Gasteiger partial charge on any atom is -0.497 e. The van der Waals surface area contributed by atoms with E-state index in [1.54, 1.807) is 60.6 Å². The van der Waals surface area contributed by atoms with Crippen LogP contribution in [0.1, 0.15) is 16.8 Å². The first-order valence-corrected chi connectivity index (χ1v) is 11.3. The Kier molecular flexibility index (Phi) is 5.18. The van der Waals surface area contributed by atoms with E-state index in [9.17, 15) is 8.42 Å². The second kappa shape index (κ2) is 7.62. The first-order valence-electron chi connectivity index (χ1n) is 8.79. The van der Waals surface area contributed by atoms with Gasteiger partial charge in [-0.1, -0.05) is 24.3 Å². The molecular weight excluding hydrogens is 396 g/mol. The molecule has 2 aromatic carbocycles. The molecule has 146 valence electrons. The Balaban J connectivity index is 1.63. The number of oxazole rings is 1. The largest absolute Gasteiger partial charge is 0.497 e. The number of aryl methyl sites for hydroxylation is 1. The van der Waals surface area contributed by atoms with Crippen molar-refractivity contribution in [3.8, 4) is 17.0 Å². The second-order valence-corrected chi connectivity index (χ2v) is 9.47. The van der Waals surface area contributed by atoms with Gasteiger partial charge in [0.1, 0.15) is 17.7 Å². The topological polar surface area (TPSA) is 72.6 Å². The van der Waals surface area contributed by atoms with Crippen LogP contribution in [-0.2, 0) is 10.0 Å². The lowest BCUT2D eigenvalue weighted by atomic mass is 10.2. The van der Waals surface area contributed by atoms with Gasteiger partial charge in [0.25, 0.3) is 0 Å². The quantitative estimate of drug-likeness (QED) is 0.624. The molecule has 0 unspecified atom stereocenters. The molecule has 1 fully saturated rings. The summed E-state index contributed by atoms with van der Waals surface area (Å²) in [5.74, 6) is 2.04. The van der Waals surface area contributed by atoms with Crippen LogP contribution in [-0.4, -0.2) is 37.1 Å². The van der Waals surface area contributed by atoms with Crippen molar-refractivity contribution >= 4 is 21.8 Å². The molecule has 8 heteroatoms. The van der Waals surface area contributed by atoms with Crippen molar-refractivity contribution in [3.63, 3.8) is 0 Å². The molecule has 1 aromatic heterocycles. The summed E-state index contributed by atoms with van der Waals surface area (Å²) >= 11 is 1.62. The standard InChI is InChI=1S/C20H20N2O4S2/c1-14-21-19(13-26-14)15-6-8-18(9-7-15)28(23,24)22-10-11-27-20(22)16-4-3-5-17(12-16)25-2/h3-9,12-13,20H,10-11H2,1-2H3/t20-/m1/s1. The highest BCUT2D eigenvalue weighted by Gasteiger charge is 2.37. The van der Waals surface area contributed by atoms with Gasteiger partial charge >= 0.3 is 0 Å². The molecule has 3 aromatic rings. The molecule has 0 spiro atoms. The summed E-state index contributed by atoms with van der Waals surface area (Å²) in [5, 5.41) is -0.266. The van der Waals surface area contributed by atoms with Crippen LogP contribution in [0, 0.1) is 6.92 Å². The zero-order valence-corrected chi connectivity index (χ0v) is 17.2. The van der Waals surface area contributed by atoms with Crippen LogP contribution in [0.4, 0.5) is 0 Å². The van der Waals surface area contributed by atoms with Gasteiger partial charge in [0.05, 0.1) is 17.4 Å². The van der Waals surface area contributed by atoms with Gasteiger partial charge in [-0.3, -0.25) is 0 Å². The molecular formula is C20H20N2O4S2. The van der Waals surface area contributed by atoms with E-state index in [0.29, 0.717) is 18.1 Å². The van der Waals surface area contributed by atoms with Crippen molar-refractivity contribution in [1.82, 2.24) is 9.29 Å². The van der Waals surface area contributed by atoms with Gasteiger partial charge in [-0.05, 0) is 29.8 Å². The smallest absolute Gasteiger partial charge is 0.244 e. The Morgan fingerprint density at radius 3 is 2.68 bits per heavy atom. The van der Waals surface area contributed by atoms with Gasteiger partial charge in [0.2, 0.25) is 10.0 Å². The van der Waals surface area contributed by atoms with Gasteiger partial charge < -0.3 is 9.15 Å². The number of nitrogens with zero attached hydrogens (tertiary/aromatic N) is 2. The summed E-state index contributed by atoms with van der Waals surface area (Å²) in [6, 6.07) is 14.3. The number of aromatic nitrogens is 1. The number of ether oxygens (including phenoxy) is 1. The van der Waals surface area contributed by atoms with E-state index < -0.39 is 10.0 Å². The summed E-state index contributed by atoms with van der Waals surface area (Å²) < 4.78 is 38.6. The number of hydrogen-bond donors (Lipinski definition) is 0. The zero-order chi connectivity index (χ0) is 19.7. The van der Waals surface area contributed by atoms with E-state index in [2.05, 4.69) is 4.98 Å². The van der Waals surface area contributed by atoms with Crippen molar-refractivity contribution in [3.05, 3.63) is 66.2 Å². The summed E-state index contributed by atoms with van der Waals surface area (Å²) in [6.45, 7) is 2.24. The predicted octanol–water partition coefficient (Wildman–Crippen LogP) is 4.09. The summed E-state index contributed by atoms with van der Waals surface area (Å²) in [6.07, 6.45) is 1.56. The minimum atomic E-state index is -3.62. The highest BCUT2D eigenvalue weighted by molar-refractivity contribution is 8.01. The molecule has 4 rings (SSSR count). The van der Waals surface area contributed by atoms with Crippen molar-refractivity contribution in [1.29, 1.82) is 0 Å². The van der Waals surface area contributed by atoms with Crippen molar-refractivity contribution in [2.75, 3.05) is 19.4 Å². The van der Waals surface area contributed by atoms with E-state index in [0.717, 1.165) is 22.6 Å². The summed E-state index contributed by atoms with van der Waals surface area (Å²) in [4.78, 5) is 4.55. The molecule has 1 atom stereocenters. The van der Waals surface area contributed by atoms with Gasteiger partial charge in [-0.2, -0.15) is 4.31 Å². The Labute approximate surface area is 168 Å². The Morgan fingerprint density at radius 1 is 1.21 bits per heavy atom. The maximum atomic E-state index is 13.3. The first-order chi connectivity index (χ1) is 13.5. The number of methoxy groups -OCH3 is 1. The molecule has 2 heterocycles. The molecule has 6 nitrogen and oxygen atoms in total. The van der Waals surface area contributed by atoms with E-state index in [1.807, 2.05) is 24.3 Å². The molecule has 0 N–H and O–H groups in total. The normalized spacial score (nSPS) is 17.7. The van der Waals surface area contributed by atoms with Crippen LogP contribution in [0.25, 0.3) is 11.3 Å². The average Bonchev–Trinajstić information content (AvgIpc) is 3.38. The summed E-state index contributed by atoms with van der Waals surface area (Å²) in [7, 11) is -2.02. The number of rotatable bonds is 5. The lowest BCUT2D eigenvalue weighted by Crippen LogP contribution is -2.30. The lowest BCUT2D eigenvalue weighted by molar-refractivity contribution is 0.410. The maximum Gasteiger partial charge on any atom is 0.244 e. The van der Waals surface area contributed by atoms with Gasteiger partial charge in [0, 0.05) is 24.8 Å². The molecule has 1 aliphatic heterocycles. The van der Waals surface area contributed by atoms with Crippen molar-refractivity contribution in [2.24, 2.45) is 0 Å². The van der Waals surface area contributed by atoms with E-state index in [-0.39, 0.29) is 10.3 Å². The third-order valence-electron chi connectivity index (χ3n) is 4.60. The SMILES string of the molecule is COc1cccc([C@H]2SCCN2S(=O)(=O)c2ccc(-c3coc(C)n3)cc2)c1. The molecule has 0 amide bonds. The number of hydrogen-bond acceptors (Lipinski definition) is 6. The fraction of sp³-hybridized carbons (Fsp3) is 0.250. The highest BCUT2D eigenvalue weighted by Crippen LogP contribution is 2.42. The second-order valence-electron chi connectivity index (χ2n) is 6.39. The van der Waals surface area contributed by atoms with E-state index in [1.165, 1.54) is 0 Å². The van der Waals surface area contributed by atoms with Crippen LogP contribution < -0.4 is 4.74 Å². The van der Waals surface area contributed by atoms with Gasteiger partial charge in [-0.15, -0.1) is 11.8 Å². The third kappa shape index (κ3) is 3.55. The van der Waals surface area contributed by atoms with Crippen LogP contribution in [0.5, 0.6) is 5.75 Å². The maximum absolute atomic E-state index is 13.3. The zero-order valence-electron chi connectivity index (χ0n) is 15.5. The Bertz CT molecular complexity index is 1080. The lowest BCUT2D eigenvalue weighted by Gasteiger charge is -2.24. The minimum absolute atomic E-state index is 0.266. The molecule has 1 aliphatic rings. The first kappa shape index (κ1) is 19.0. The number of sulfonamides is 1. The van der Waals surface area contributed by atoms with Gasteiger partial charge in [0.15, 0.2) is 5.89 Å².